The van der Waals surface area contributed by atoms with E-state index in [0.717, 1.165) is 37.1 Å². The van der Waals surface area contributed by atoms with Crippen LogP contribution in [0.3, 0.4) is 0 Å². The largest absolute Gasteiger partial charge is 0.469 e. The Labute approximate surface area is 164 Å². The first kappa shape index (κ1) is 20.1. The van der Waals surface area contributed by atoms with Crippen molar-refractivity contribution in [3.8, 4) is 0 Å². The third-order valence-corrected chi connectivity index (χ3v) is 5.19. The Balaban J connectivity index is 1.49. The van der Waals surface area contributed by atoms with Crippen LogP contribution in [0.5, 0.6) is 0 Å². The number of nitrogens with zero attached hydrogens (tertiary/aromatic N) is 1. The van der Waals surface area contributed by atoms with Crippen LogP contribution in [0.15, 0.2) is 47.1 Å². The molecular formula is C22H27FN2O3. The van der Waals surface area contributed by atoms with Crippen molar-refractivity contribution >= 4 is 11.8 Å². The predicted molar refractivity (Wildman–Crippen MR) is 104 cm³/mol. The average Bonchev–Trinajstić information content (AvgIpc) is 3.14. The molecule has 1 fully saturated rings. The predicted octanol–water partition coefficient (Wildman–Crippen LogP) is 3.85. The Kier molecular flexibility index (Phi) is 7.23. The zero-order valence-corrected chi connectivity index (χ0v) is 16.0. The van der Waals surface area contributed by atoms with E-state index in [1.807, 2.05) is 12.1 Å². The minimum Gasteiger partial charge on any atom is -0.469 e. The van der Waals surface area contributed by atoms with Crippen molar-refractivity contribution in [1.29, 1.82) is 0 Å². The van der Waals surface area contributed by atoms with Crippen LogP contribution < -0.4 is 5.32 Å². The molecule has 1 aliphatic rings. The van der Waals surface area contributed by atoms with E-state index in [4.69, 9.17) is 4.42 Å². The monoisotopic (exact) mass is 386 g/mol. The van der Waals surface area contributed by atoms with Crippen molar-refractivity contribution in [3.05, 3.63) is 59.8 Å². The van der Waals surface area contributed by atoms with Gasteiger partial charge in [-0.15, -0.1) is 0 Å². The number of carbonyl (C=O) groups is 2. The highest BCUT2D eigenvalue weighted by molar-refractivity contribution is 5.79. The molecular weight excluding hydrogens is 359 g/mol. The highest BCUT2D eigenvalue weighted by atomic mass is 19.1. The number of amides is 2. The van der Waals surface area contributed by atoms with Crippen molar-refractivity contribution in [3.63, 3.8) is 0 Å². The SMILES string of the molecule is O=C(CCN1CCCCCC1=O)NCC[C@H](c1ccc(F)cc1)c1ccco1. The zero-order valence-electron chi connectivity index (χ0n) is 16.0. The Morgan fingerprint density at radius 3 is 2.75 bits per heavy atom. The number of furan rings is 1. The van der Waals surface area contributed by atoms with Gasteiger partial charge in [0.2, 0.25) is 11.8 Å². The lowest BCUT2D eigenvalue weighted by Crippen LogP contribution is -2.35. The summed E-state index contributed by atoms with van der Waals surface area (Å²) in [6.07, 6.45) is 6.19. The van der Waals surface area contributed by atoms with Crippen LogP contribution in [-0.2, 0) is 9.59 Å². The molecule has 0 unspecified atom stereocenters. The lowest BCUT2D eigenvalue weighted by molar-refractivity contribution is -0.131. The van der Waals surface area contributed by atoms with Crippen molar-refractivity contribution in [2.75, 3.05) is 19.6 Å². The van der Waals surface area contributed by atoms with Crippen LogP contribution in [0.25, 0.3) is 0 Å². The molecule has 5 nitrogen and oxygen atoms in total. The average molecular weight is 386 g/mol. The van der Waals surface area contributed by atoms with Gasteiger partial charge in [-0.2, -0.15) is 0 Å². The van der Waals surface area contributed by atoms with E-state index in [1.54, 1.807) is 23.3 Å². The highest BCUT2D eigenvalue weighted by Gasteiger charge is 2.19. The first-order valence-electron chi connectivity index (χ1n) is 9.97. The van der Waals surface area contributed by atoms with E-state index >= 15 is 0 Å². The van der Waals surface area contributed by atoms with Crippen LogP contribution in [0.1, 0.15) is 55.8 Å². The summed E-state index contributed by atoms with van der Waals surface area (Å²) in [5.41, 5.74) is 0.945. The van der Waals surface area contributed by atoms with Gasteiger partial charge in [0.1, 0.15) is 11.6 Å². The second-order valence-electron chi connectivity index (χ2n) is 7.20. The molecule has 1 atom stereocenters. The molecule has 0 bridgehead atoms. The number of likely N-dealkylation sites (tertiary alicyclic amines) is 1. The highest BCUT2D eigenvalue weighted by Crippen LogP contribution is 2.28. The van der Waals surface area contributed by atoms with E-state index in [1.165, 1.54) is 12.1 Å². The molecule has 2 amide bonds. The summed E-state index contributed by atoms with van der Waals surface area (Å²) >= 11 is 0. The quantitative estimate of drug-likeness (QED) is 0.750. The fourth-order valence-electron chi connectivity index (χ4n) is 3.61. The van der Waals surface area contributed by atoms with Gasteiger partial charge in [0, 0.05) is 38.4 Å². The van der Waals surface area contributed by atoms with Gasteiger partial charge in [-0.1, -0.05) is 18.6 Å². The van der Waals surface area contributed by atoms with Gasteiger partial charge in [-0.3, -0.25) is 9.59 Å². The first-order valence-corrected chi connectivity index (χ1v) is 9.97. The van der Waals surface area contributed by atoms with Crippen molar-refractivity contribution in [2.24, 2.45) is 0 Å². The molecule has 0 aliphatic carbocycles. The molecule has 6 heteroatoms. The molecule has 1 aromatic heterocycles. The van der Waals surface area contributed by atoms with Crippen LogP contribution in [0.2, 0.25) is 0 Å². The maximum Gasteiger partial charge on any atom is 0.222 e. The van der Waals surface area contributed by atoms with Crippen molar-refractivity contribution in [1.82, 2.24) is 10.2 Å². The first-order chi connectivity index (χ1) is 13.6. The molecule has 0 saturated carbocycles. The van der Waals surface area contributed by atoms with E-state index < -0.39 is 0 Å². The number of hydrogen-bond donors (Lipinski definition) is 1. The Bertz CT molecular complexity index is 759. The Morgan fingerprint density at radius 2 is 2.00 bits per heavy atom. The summed E-state index contributed by atoms with van der Waals surface area (Å²) in [6.45, 7) is 1.71. The molecule has 0 spiro atoms. The normalized spacial score (nSPS) is 15.9. The fourth-order valence-corrected chi connectivity index (χ4v) is 3.61. The van der Waals surface area contributed by atoms with Crippen molar-refractivity contribution < 1.29 is 18.4 Å². The lowest BCUT2D eigenvalue weighted by Gasteiger charge is -2.20. The Morgan fingerprint density at radius 1 is 1.18 bits per heavy atom. The summed E-state index contributed by atoms with van der Waals surface area (Å²) in [7, 11) is 0. The van der Waals surface area contributed by atoms with Crippen molar-refractivity contribution in [2.45, 2.75) is 44.4 Å². The number of benzene rings is 1. The molecule has 1 aliphatic heterocycles. The smallest absolute Gasteiger partial charge is 0.222 e. The molecule has 28 heavy (non-hydrogen) atoms. The fraction of sp³-hybridized carbons (Fsp3) is 0.455. The summed E-state index contributed by atoms with van der Waals surface area (Å²) in [4.78, 5) is 26.0. The van der Waals surface area contributed by atoms with Gasteiger partial charge in [0.15, 0.2) is 0 Å². The van der Waals surface area contributed by atoms with Gasteiger partial charge < -0.3 is 14.6 Å². The molecule has 2 heterocycles. The molecule has 0 radical (unpaired) electrons. The standard InChI is InChI=1S/C22H27FN2O3/c23-18-9-7-17(8-10-18)19(20-5-4-16-28-20)11-13-24-21(26)12-15-25-14-3-1-2-6-22(25)27/h4-5,7-10,16,19H,1-3,6,11-15H2,(H,24,26)/t19-/m1/s1. The third kappa shape index (κ3) is 5.68. The second-order valence-corrected chi connectivity index (χ2v) is 7.20. The molecule has 1 saturated heterocycles. The van der Waals surface area contributed by atoms with E-state index in [2.05, 4.69) is 5.32 Å². The van der Waals surface area contributed by atoms with Gasteiger partial charge in [-0.25, -0.2) is 4.39 Å². The second kappa shape index (κ2) is 10.1. The molecule has 1 N–H and O–H groups in total. The zero-order chi connectivity index (χ0) is 19.8. The molecule has 150 valence electrons. The van der Waals surface area contributed by atoms with E-state index in [-0.39, 0.29) is 23.5 Å². The maximum absolute atomic E-state index is 13.2. The van der Waals surface area contributed by atoms with Gasteiger partial charge >= 0.3 is 0 Å². The number of hydrogen-bond acceptors (Lipinski definition) is 3. The number of rotatable bonds is 8. The molecule has 1 aromatic carbocycles. The van der Waals surface area contributed by atoms with Gasteiger partial charge in [0.05, 0.1) is 6.26 Å². The van der Waals surface area contributed by atoms with Crippen LogP contribution in [0, 0.1) is 5.82 Å². The van der Waals surface area contributed by atoms with E-state index in [0.29, 0.717) is 32.4 Å². The number of halogens is 1. The van der Waals surface area contributed by atoms with Gasteiger partial charge in [0.25, 0.3) is 0 Å². The minimum absolute atomic E-state index is 0.0527. The Hall–Kier alpha value is -2.63. The minimum atomic E-state index is -0.279. The number of nitrogens with one attached hydrogen (secondary N) is 1. The molecule has 3 rings (SSSR count). The third-order valence-electron chi connectivity index (χ3n) is 5.19. The van der Waals surface area contributed by atoms with Crippen LogP contribution in [-0.4, -0.2) is 36.3 Å². The topological polar surface area (TPSA) is 62.6 Å². The summed E-state index contributed by atoms with van der Waals surface area (Å²) < 4.78 is 18.8. The summed E-state index contributed by atoms with van der Waals surface area (Å²) in [5.74, 6) is 0.547. The summed E-state index contributed by atoms with van der Waals surface area (Å²) in [5, 5.41) is 2.93. The summed E-state index contributed by atoms with van der Waals surface area (Å²) in [6, 6.07) is 10.1. The maximum atomic E-state index is 13.2. The van der Waals surface area contributed by atoms with Gasteiger partial charge in [-0.05, 0) is 49.1 Å². The van der Waals surface area contributed by atoms with Crippen LogP contribution in [0.4, 0.5) is 4.39 Å². The van der Waals surface area contributed by atoms with Crippen LogP contribution >= 0.6 is 0 Å². The number of carbonyl (C=O) groups excluding carboxylic acids is 2. The molecule has 2 aromatic rings. The lowest BCUT2D eigenvalue weighted by atomic mass is 9.93. The van der Waals surface area contributed by atoms with E-state index in [9.17, 15) is 14.0 Å².